The molecule has 0 radical (unpaired) electrons. The quantitative estimate of drug-likeness (QED) is 0.375. The second-order valence-electron chi connectivity index (χ2n) is 6.25. The van der Waals surface area contributed by atoms with Crippen molar-refractivity contribution in [3.63, 3.8) is 0 Å². The zero-order valence-electron chi connectivity index (χ0n) is 14.1. The molecule has 4 rings (SSSR count). The first-order chi connectivity index (χ1) is 12.7. The number of aromatic nitrogens is 1. The molecular weight excluding hydrogens is 408 g/mol. The highest BCUT2D eigenvalue weighted by molar-refractivity contribution is 9.10. The predicted molar refractivity (Wildman–Crippen MR) is 114 cm³/mol. The number of nitrogens with zero attached hydrogens (tertiary/aromatic N) is 1. The summed E-state index contributed by atoms with van der Waals surface area (Å²) in [5.74, 6) is 0. The number of anilines is 1. The summed E-state index contributed by atoms with van der Waals surface area (Å²) >= 11 is 9.83. The summed E-state index contributed by atoms with van der Waals surface area (Å²) in [6, 6.07) is 24.8. The third kappa shape index (κ3) is 3.64. The maximum absolute atomic E-state index is 6.36. The standard InChI is InChI=1S/C22H18BrClN2/c23-18-9-11-19(12-10-18)25-13-17-15-26(22-8-4-2-6-20(17)22)14-16-5-1-3-7-21(16)24/h1-12,15,25H,13-14H2. The van der Waals surface area contributed by atoms with Gasteiger partial charge in [0.2, 0.25) is 0 Å². The average molecular weight is 426 g/mol. The van der Waals surface area contributed by atoms with Crippen LogP contribution in [-0.4, -0.2) is 4.57 Å². The van der Waals surface area contributed by atoms with E-state index in [-0.39, 0.29) is 0 Å². The van der Waals surface area contributed by atoms with Crippen LogP contribution in [0.2, 0.25) is 5.02 Å². The lowest BCUT2D eigenvalue weighted by Crippen LogP contribution is -2.00. The van der Waals surface area contributed by atoms with Crippen molar-refractivity contribution in [2.45, 2.75) is 13.1 Å². The normalized spacial score (nSPS) is 11.0. The maximum atomic E-state index is 6.36. The van der Waals surface area contributed by atoms with Crippen molar-refractivity contribution >= 4 is 44.1 Å². The fraction of sp³-hybridized carbons (Fsp3) is 0.0909. The van der Waals surface area contributed by atoms with Gasteiger partial charge in [0.1, 0.15) is 0 Å². The van der Waals surface area contributed by atoms with Crippen LogP contribution in [0.15, 0.2) is 83.5 Å². The van der Waals surface area contributed by atoms with Crippen LogP contribution in [0.1, 0.15) is 11.1 Å². The summed E-state index contributed by atoms with van der Waals surface area (Å²) in [5.41, 5.74) is 4.73. The van der Waals surface area contributed by atoms with Crippen LogP contribution in [0.5, 0.6) is 0 Å². The molecule has 4 heteroatoms. The van der Waals surface area contributed by atoms with Gasteiger partial charge in [0, 0.05) is 45.4 Å². The molecule has 0 spiro atoms. The minimum Gasteiger partial charge on any atom is -0.381 e. The molecule has 1 N–H and O–H groups in total. The second kappa shape index (κ2) is 7.56. The Morgan fingerprint density at radius 3 is 2.38 bits per heavy atom. The molecule has 4 aromatic rings. The molecule has 0 saturated heterocycles. The van der Waals surface area contributed by atoms with Gasteiger partial charge in [-0.2, -0.15) is 0 Å². The van der Waals surface area contributed by atoms with Gasteiger partial charge in [-0.3, -0.25) is 0 Å². The van der Waals surface area contributed by atoms with Crippen LogP contribution < -0.4 is 5.32 Å². The minimum absolute atomic E-state index is 0.762. The highest BCUT2D eigenvalue weighted by Gasteiger charge is 2.09. The molecule has 0 atom stereocenters. The Balaban J connectivity index is 1.63. The molecule has 0 saturated carbocycles. The number of hydrogen-bond acceptors (Lipinski definition) is 1. The van der Waals surface area contributed by atoms with Crippen LogP contribution in [0, 0.1) is 0 Å². The number of benzene rings is 3. The van der Waals surface area contributed by atoms with Crippen LogP contribution >= 0.6 is 27.5 Å². The number of nitrogens with one attached hydrogen (secondary N) is 1. The van der Waals surface area contributed by atoms with Crippen molar-refractivity contribution in [2.24, 2.45) is 0 Å². The lowest BCUT2D eigenvalue weighted by atomic mass is 10.1. The van der Waals surface area contributed by atoms with Crippen molar-refractivity contribution in [3.05, 3.63) is 99.6 Å². The van der Waals surface area contributed by atoms with Gasteiger partial charge in [-0.15, -0.1) is 0 Å². The highest BCUT2D eigenvalue weighted by Crippen LogP contribution is 2.25. The van der Waals surface area contributed by atoms with Crippen molar-refractivity contribution in [1.29, 1.82) is 0 Å². The number of para-hydroxylation sites is 1. The summed E-state index contributed by atoms with van der Waals surface area (Å²) < 4.78 is 3.36. The van der Waals surface area contributed by atoms with Gasteiger partial charge in [0.15, 0.2) is 0 Å². The summed E-state index contributed by atoms with van der Waals surface area (Å²) in [6.45, 7) is 1.54. The van der Waals surface area contributed by atoms with E-state index in [1.807, 2.05) is 30.3 Å². The zero-order chi connectivity index (χ0) is 17.9. The fourth-order valence-corrected chi connectivity index (χ4v) is 3.63. The van der Waals surface area contributed by atoms with Crippen molar-refractivity contribution in [2.75, 3.05) is 5.32 Å². The number of fused-ring (bicyclic) bond motifs is 1. The SMILES string of the molecule is Clc1ccccc1Cn1cc(CNc2ccc(Br)cc2)c2ccccc21. The highest BCUT2D eigenvalue weighted by atomic mass is 79.9. The molecule has 0 aliphatic rings. The van der Waals surface area contributed by atoms with E-state index in [9.17, 15) is 0 Å². The Hall–Kier alpha value is -2.23. The van der Waals surface area contributed by atoms with Gasteiger partial charge in [-0.25, -0.2) is 0 Å². The smallest absolute Gasteiger partial charge is 0.0491 e. The molecule has 1 aromatic heterocycles. The summed E-state index contributed by atoms with van der Waals surface area (Å²) in [5, 5.41) is 5.58. The molecule has 0 fully saturated rings. The minimum atomic E-state index is 0.762. The zero-order valence-corrected chi connectivity index (χ0v) is 16.5. The van der Waals surface area contributed by atoms with Gasteiger partial charge in [-0.1, -0.05) is 63.9 Å². The Morgan fingerprint density at radius 1 is 0.846 bits per heavy atom. The topological polar surface area (TPSA) is 17.0 Å². The van der Waals surface area contributed by atoms with E-state index >= 15 is 0 Å². The van der Waals surface area contributed by atoms with Crippen molar-refractivity contribution in [1.82, 2.24) is 4.57 Å². The van der Waals surface area contributed by atoms with E-state index in [0.717, 1.165) is 33.8 Å². The lowest BCUT2D eigenvalue weighted by molar-refractivity contribution is 0.831. The van der Waals surface area contributed by atoms with Gasteiger partial charge in [0.25, 0.3) is 0 Å². The molecule has 1 heterocycles. The van der Waals surface area contributed by atoms with Crippen LogP contribution in [0.4, 0.5) is 5.69 Å². The monoisotopic (exact) mass is 424 g/mol. The van der Waals surface area contributed by atoms with Crippen LogP contribution in [0.25, 0.3) is 10.9 Å². The second-order valence-corrected chi connectivity index (χ2v) is 7.57. The molecule has 0 amide bonds. The summed E-state index contributed by atoms with van der Waals surface area (Å²) in [7, 11) is 0. The predicted octanol–water partition coefficient (Wildman–Crippen LogP) is 6.72. The first kappa shape index (κ1) is 17.2. The summed E-state index contributed by atoms with van der Waals surface area (Å²) in [6.07, 6.45) is 2.22. The lowest BCUT2D eigenvalue weighted by Gasteiger charge is -2.07. The largest absolute Gasteiger partial charge is 0.381 e. The molecule has 3 aromatic carbocycles. The van der Waals surface area contributed by atoms with E-state index in [2.05, 4.69) is 74.5 Å². The van der Waals surface area contributed by atoms with Crippen molar-refractivity contribution in [3.8, 4) is 0 Å². The van der Waals surface area contributed by atoms with Crippen LogP contribution in [-0.2, 0) is 13.1 Å². The summed E-state index contributed by atoms with van der Waals surface area (Å²) in [4.78, 5) is 0. The van der Waals surface area contributed by atoms with Crippen LogP contribution in [0.3, 0.4) is 0 Å². The first-order valence-electron chi connectivity index (χ1n) is 8.50. The van der Waals surface area contributed by atoms with E-state index < -0.39 is 0 Å². The third-order valence-corrected chi connectivity index (χ3v) is 5.39. The molecule has 26 heavy (non-hydrogen) atoms. The fourth-order valence-electron chi connectivity index (χ4n) is 3.17. The Morgan fingerprint density at radius 2 is 1.58 bits per heavy atom. The number of hydrogen-bond donors (Lipinski definition) is 1. The van der Waals surface area contributed by atoms with Gasteiger partial charge >= 0.3 is 0 Å². The molecule has 0 aliphatic carbocycles. The number of rotatable bonds is 5. The van der Waals surface area contributed by atoms with Crippen molar-refractivity contribution < 1.29 is 0 Å². The molecule has 0 unspecified atom stereocenters. The van der Waals surface area contributed by atoms with Gasteiger partial charge < -0.3 is 9.88 Å². The Kier molecular flexibility index (Phi) is 5.00. The third-order valence-electron chi connectivity index (χ3n) is 4.50. The van der Waals surface area contributed by atoms with Gasteiger partial charge in [0.05, 0.1) is 0 Å². The number of halogens is 2. The van der Waals surface area contributed by atoms with E-state index in [1.165, 1.54) is 16.5 Å². The molecule has 130 valence electrons. The molecular formula is C22H18BrClN2. The van der Waals surface area contributed by atoms with E-state index in [1.54, 1.807) is 0 Å². The first-order valence-corrected chi connectivity index (χ1v) is 9.67. The molecule has 0 bridgehead atoms. The maximum Gasteiger partial charge on any atom is 0.0491 e. The van der Waals surface area contributed by atoms with Gasteiger partial charge in [-0.05, 0) is 47.5 Å². The average Bonchev–Trinajstić information content (AvgIpc) is 3.01. The Bertz CT molecular complexity index is 1040. The van der Waals surface area contributed by atoms with E-state index in [4.69, 9.17) is 11.6 Å². The van der Waals surface area contributed by atoms with E-state index in [0.29, 0.717) is 0 Å². The molecule has 0 aliphatic heterocycles. The Labute approximate surface area is 166 Å². The molecule has 2 nitrogen and oxygen atoms in total.